The Labute approximate surface area is 106 Å². The number of nitrogens with one attached hydrogen (secondary N) is 1. The van der Waals surface area contributed by atoms with Crippen LogP contribution in [0, 0.1) is 21.1 Å². The molecule has 1 aliphatic carbocycles. The summed E-state index contributed by atoms with van der Waals surface area (Å²) in [6.07, 6.45) is 2.23. The highest BCUT2D eigenvalue weighted by Gasteiger charge is 2.23. The SMILES string of the molecule is O=C(NCC1CC1)c1cc(I)c(F)cc1F. The van der Waals surface area contributed by atoms with Crippen LogP contribution in [-0.2, 0) is 0 Å². The van der Waals surface area contributed by atoms with E-state index in [1.54, 1.807) is 22.6 Å². The average Bonchev–Trinajstić information content (AvgIpc) is 3.03. The summed E-state index contributed by atoms with van der Waals surface area (Å²) in [6.45, 7) is 0.576. The van der Waals surface area contributed by atoms with Gasteiger partial charge in [-0.15, -0.1) is 0 Å². The molecule has 1 N–H and O–H groups in total. The van der Waals surface area contributed by atoms with Crippen molar-refractivity contribution in [2.45, 2.75) is 12.8 Å². The van der Waals surface area contributed by atoms with E-state index in [4.69, 9.17) is 0 Å². The lowest BCUT2D eigenvalue weighted by Crippen LogP contribution is -2.26. The molecule has 0 spiro atoms. The first-order chi connectivity index (χ1) is 7.58. The molecule has 1 aromatic carbocycles. The van der Waals surface area contributed by atoms with Crippen molar-refractivity contribution in [1.29, 1.82) is 0 Å². The van der Waals surface area contributed by atoms with Crippen molar-refractivity contribution in [3.05, 3.63) is 32.9 Å². The van der Waals surface area contributed by atoms with Crippen molar-refractivity contribution >= 4 is 28.5 Å². The highest BCUT2D eigenvalue weighted by atomic mass is 127. The Balaban J connectivity index is 2.11. The molecular formula is C11H10F2INO. The second kappa shape index (κ2) is 4.65. The number of rotatable bonds is 3. The van der Waals surface area contributed by atoms with E-state index in [-0.39, 0.29) is 9.13 Å². The minimum Gasteiger partial charge on any atom is -0.352 e. The van der Waals surface area contributed by atoms with Crippen molar-refractivity contribution in [3.63, 3.8) is 0 Å². The second-order valence-electron chi connectivity index (χ2n) is 3.90. The first-order valence-corrected chi connectivity index (χ1v) is 6.08. The van der Waals surface area contributed by atoms with Crippen molar-refractivity contribution in [2.75, 3.05) is 6.54 Å². The molecule has 2 nitrogen and oxygen atoms in total. The average molecular weight is 337 g/mol. The maximum atomic E-state index is 13.3. The lowest BCUT2D eigenvalue weighted by molar-refractivity contribution is 0.0947. The van der Waals surface area contributed by atoms with E-state index in [0.29, 0.717) is 12.5 Å². The first kappa shape index (κ1) is 11.8. The second-order valence-corrected chi connectivity index (χ2v) is 5.06. The van der Waals surface area contributed by atoms with E-state index in [2.05, 4.69) is 5.32 Å². The molecule has 1 amide bonds. The van der Waals surface area contributed by atoms with Gasteiger partial charge in [0.25, 0.3) is 5.91 Å². The Hall–Kier alpha value is -0.720. The summed E-state index contributed by atoms with van der Waals surface area (Å²) in [5.41, 5.74) is -0.0912. The summed E-state index contributed by atoms with van der Waals surface area (Å²) in [6, 6.07) is 1.97. The maximum Gasteiger partial charge on any atom is 0.254 e. The zero-order valence-electron chi connectivity index (χ0n) is 8.40. The number of hydrogen-bond donors (Lipinski definition) is 1. The van der Waals surface area contributed by atoms with Crippen molar-refractivity contribution in [1.82, 2.24) is 5.32 Å². The van der Waals surface area contributed by atoms with E-state index >= 15 is 0 Å². The largest absolute Gasteiger partial charge is 0.352 e. The van der Waals surface area contributed by atoms with Gasteiger partial charge in [0.2, 0.25) is 0 Å². The van der Waals surface area contributed by atoms with Gasteiger partial charge in [0.05, 0.1) is 5.56 Å². The van der Waals surface area contributed by atoms with Gasteiger partial charge in [0.15, 0.2) is 0 Å². The number of amides is 1. The van der Waals surface area contributed by atoms with Crippen LogP contribution in [-0.4, -0.2) is 12.5 Å². The van der Waals surface area contributed by atoms with Gasteiger partial charge in [-0.1, -0.05) is 0 Å². The summed E-state index contributed by atoms with van der Waals surface area (Å²) in [5, 5.41) is 2.64. The van der Waals surface area contributed by atoms with Crippen molar-refractivity contribution in [3.8, 4) is 0 Å². The monoisotopic (exact) mass is 337 g/mol. The van der Waals surface area contributed by atoms with E-state index < -0.39 is 17.5 Å². The highest BCUT2D eigenvalue weighted by Crippen LogP contribution is 2.27. The van der Waals surface area contributed by atoms with Crippen molar-refractivity contribution < 1.29 is 13.6 Å². The van der Waals surface area contributed by atoms with Crippen LogP contribution in [0.25, 0.3) is 0 Å². The third kappa shape index (κ3) is 2.69. The lowest BCUT2D eigenvalue weighted by Gasteiger charge is -2.06. The smallest absolute Gasteiger partial charge is 0.254 e. The predicted octanol–water partition coefficient (Wildman–Crippen LogP) is 2.71. The molecule has 0 atom stereocenters. The third-order valence-corrected chi connectivity index (χ3v) is 3.33. The van der Waals surface area contributed by atoms with Crippen LogP contribution in [0.4, 0.5) is 8.78 Å². The molecule has 16 heavy (non-hydrogen) atoms. The normalized spacial score (nSPS) is 14.9. The summed E-state index contributed by atoms with van der Waals surface area (Å²) in [5.74, 6) is -1.39. The molecule has 0 bridgehead atoms. The molecule has 0 saturated heterocycles. The van der Waals surface area contributed by atoms with E-state index in [1.807, 2.05) is 0 Å². The van der Waals surface area contributed by atoms with Gasteiger partial charge in [-0.05, 0) is 47.4 Å². The number of halogens is 3. The number of benzene rings is 1. The summed E-state index contributed by atoms with van der Waals surface area (Å²) >= 11 is 1.73. The Morgan fingerprint density at radius 2 is 2.06 bits per heavy atom. The Morgan fingerprint density at radius 3 is 2.69 bits per heavy atom. The molecule has 2 rings (SSSR count). The molecule has 1 fully saturated rings. The minimum atomic E-state index is -0.814. The lowest BCUT2D eigenvalue weighted by atomic mass is 10.2. The summed E-state index contributed by atoms with van der Waals surface area (Å²) < 4.78 is 26.5. The van der Waals surface area contributed by atoms with E-state index in [9.17, 15) is 13.6 Å². The van der Waals surface area contributed by atoms with Gasteiger partial charge in [-0.25, -0.2) is 8.78 Å². The van der Waals surface area contributed by atoms with Gasteiger partial charge in [-0.2, -0.15) is 0 Å². The van der Waals surface area contributed by atoms with Crippen molar-refractivity contribution in [2.24, 2.45) is 5.92 Å². The van der Waals surface area contributed by atoms with Gasteiger partial charge >= 0.3 is 0 Å². The standard InChI is InChI=1S/C11H10F2INO/c12-8-4-9(13)10(14)3-7(8)11(16)15-5-6-1-2-6/h3-4,6H,1-2,5H2,(H,15,16). The number of carbonyl (C=O) groups excluding carboxylic acids is 1. The zero-order chi connectivity index (χ0) is 11.7. The fourth-order valence-electron chi connectivity index (χ4n) is 1.35. The predicted molar refractivity (Wildman–Crippen MR) is 64.1 cm³/mol. The van der Waals surface area contributed by atoms with Gasteiger partial charge in [0.1, 0.15) is 11.6 Å². The molecule has 0 aliphatic heterocycles. The van der Waals surface area contributed by atoms with Crippen LogP contribution in [0.5, 0.6) is 0 Å². The van der Waals surface area contributed by atoms with Crippen LogP contribution in [0.1, 0.15) is 23.2 Å². The molecule has 0 aromatic heterocycles. The fourth-order valence-corrected chi connectivity index (χ4v) is 1.82. The van der Waals surface area contributed by atoms with E-state index in [0.717, 1.165) is 18.9 Å². The number of hydrogen-bond acceptors (Lipinski definition) is 1. The zero-order valence-corrected chi connectivity index (χ0v) is 10.6. The summed E-state index contributed by atoms with van der Waals surface area (Å²) in [4.78, 5) is 11.6. The van der Waals surface area contributed by atoms with Crippen LogP contribution in [0.15, 0.2) is 12.1 Å². The molecule has 1 aliphatic rings. The Morgan fingerprint density at radius 1 is 1.38 bits per heavy atom. The molecule has 86 valence electrons. The quantitative estimate of drug-likeness (QED) is 0.667. The first-order valence-electron chi connectivity index (χ1n) is 5.00. The van der Waals surface area contributed by atoms with Crippen LogP contribution < -0.4 is 5.32 Å². The molecular weight excluding hydrogens is 327 g/mol. The molecule has 0 heterocycles. The topological polar surface area (TPSA) is 29.1 Å². The molecule has 0 radical (unpaired) electrons. The van der Waals surface area contributed by atoms with Gasteiger partial charge < -0.3 is 5.32 Å². The number of carbonyl (C=O) groups is 1. The Bertz CT molecular complexity index is 432. The van der Waals surface area contributed by atoms with Crippen LogP contribution >= 0.6 is 22.6 Å². The summed E-state index contributed by atoms with van der Waals surface area (Å²) in [7, 11) is 0. The molecule has 1 saturated carbocycles. The van der Waals surface area contributed by atoms with Crippen LogP contribution in [0.2, 0.25) is 0 Å². The third-order valence-electron chi connectivity index (χ3n) is 2.50. The van der Waals surface area contributed by atoms with E-state index in [1.165, 1.54) is 6.07 Å². The van der Waals surface area contributed by atoms with Gasteiger partial charge in [-0.3, -0.25) is 4.79 Å². The maximum absolute atomic E-state index is 13.3. The minimum absolute atomic E-state index is 0.0912. The highest BCUT2D eigenvalue weighted by molar-refractivity contribution is 14.1. The fraction of sp³-hybridized carbons (Fsp3) is 0.364. The molecule has 1 aromatic rings. The van der Waals surface area contributed by atoms with Gasteiger partial charge in [0, 0.05) is 16.2 Å². The molecule has 0 unspecified atom stereocenters. The van der Waals surface area contributed by atoms with Crippen LogP contribution in [0.3, 0.4) is 0 Å². The Kier molecular flexibility index (Phi) is 3.41. The molecule has 5 heteroatoms.